The number of aliphatic hydroxyl groups is 1. The molecule has 0 fully saturated rings. The average Bonchev–Trinajstić information content (AvgIpc) is 2.74. The predicted molar refractivity (Wildman–Crippen MR) is 67.4 cm³/mol. The summed E-state index contributed by atoms with van der Waals surface area (Å²) in [6.45, 7) is 5.33. The van der Waals surface area contributed by atoms with Crippen LogP contribution in [0.5, 0.6) is 0 Å². The maximum absolute atomic E-state index is 11.7. The van der Waals surface area contributed by atoms with Crippen molar-refractivity contribution < 1.29 is 14.8 Å². The van der Waals surface area contributed by atoms with E-state index in [-0.39, 0.29) is 18.1 Å². The molecule has 0 aliphatic rings. The van der Waals surface area contributed by atoms with Gasteiger partial charge in [0.1, 0.15) is 6.20 Å². The van der Waals surface area contributed by atoms with Gasteiger partial charge in [0, 0.05) is 13.0 Å². The zero-order valence-electron chi connectivity index (χ0n) is 11.2. The summed E-state index contributed by atoms with van der Waals surface area (Å²) in [5, 5.41) is 22.6. The molecule has 1 aromatic heterocycles. The lowest BCUT2D eigenvalue weighted by molar-refractivity contribution is -0.389. The number of amides is 1. The Balaban J connectivity index is 2.48. The van der Waals surface area contributed by atoms with Crippen molar-refractivity contribution in [3.8, 4) is 0 Å². The SMILES string of the molecule is CC(O)C(C)(C)NC(=O)CCn1cnc([N+](=O)[O-])c1. The minimum absolute atomic E-state index is 0.156. The van der Waals surface area contributed by atoms with Gasteiger partial charge in [-0.1, -0.05) is 0 Å². The van der Waals surface area contributed by atoms with Crippen molar-refractivity contribution in [1.29, 1.82) is 0 Å². The average molecular weight is 270 g/mol. The predicted octanol–water partition coefficient (Wildman–Crippen LogP) is 0.457. The van der Waals surface area contributed by atoms with E-state index in [4.69, 9.17) is 0 Å². The number of nitrogens with zero attached hydrogens (tertiary/aromatic N) is 3. The molecular formula is C11H18N4O4. The summed E-state index contributed by atoms with van der Waals surface area (Å²) in [6, 6.07) is 0. The van der Waals surface area contributed by atoms with Gasteiger partial charge in [-0.3, -0.25) is 4.79 Å². The first-order chi connectivity index (χ1) is 8.72. The molecule has 0 spiro atoms. The normalized spacial score (nSPS) is 13.1. The molecule has 0 aromatic carbocycles. The third-order valence-corrected chi connectivity index (χ3v) is 2.91. The molecule has 0 aliphatic carbocycles. The lowest BCUT2D eigenvalue weighted by atomic mass is 9.98. The Morgan fingerprint density at radius 1 is 1.68 bits per heavy atom. The Kier molecular flexibility index (Phi) is 4.60. The van der Waals surface area contributed by atoms with E-state index in [0.717, 1.165) is 0 Å². The first-order valence-electron chi connectivity index (χ1n) is 5.87. The first kappa shape index (κ1) is 15.1. The van der Waals surface area contributed by atoms with E-state index >= 15 is 0 Å². The third-order valence-electron chi connectivity index (χ3n) is 2.91. The number of aromatic nitrogens is 2. The summed E-state index contributed by atoms with van der Waals surface area (Å²) in [6.07, 6.45) is 2.06. The molecule has 19 heavy (non-hydrogen) atoms. The Hall–Kier alpha value is -1.96. The summed E-state index contributed by atoms with van der Waals surface area (Å²) in [5.74, 6) is -0.480. The van der Waals surface area contributed by atoms with Crippen LogP contribution >= 0.6 is 0 Å². The van der Waals surface area contributed by atoms with Crippen molar-refractivity contribution in [3.63, 3.8) is 0 Å². The number of nitro groups is 1. The standard InChI is InChI=1S/C11H18N4O4/c1-8(16)11(2,3)13-10(17)4-5-14-6-9(12-7-14)15(18)19/h6-8,16H,4-5H2,1-3H3,(H,13,17). The summed E-state index contributed by atoms with van der Waals surface area (Å²) < 4.78 is 1.48. The summed E-state index contributed by atoms with van der Waals surface area (Å²) in [4.78, 5) is 25.1. The zero-order valence-corrected chi connectivity index (χ0v) is 11.2. The molecule has 8 heteroatoms. The van der Waals surface area contributed by atoms with Gasteiger partial charge in [-0.05, 0) is 30.7 Å². The van der Waals surface area contributed by atoms with Gasteiger partial charge < -0.3 is 25.1 Å². The number of carbonyl (C=O) groups is 1. The van der Waals surface area contributed by atoms with E-state index in [1.165, 1.54) is 17.1 Å². The van der Waals surface area contributed by atoms with Crippen molar-refractivity contribution in [2.24, 2.45) is 0 Å². The Bertz CT molecular complexity index is 467. The Labute approximate surface area is 110 Å². The fraction of sp³-hybridized carbons (Fsp3) is 0.636. The van der Waals surface area contributed by atoms with Crippen molar-refractivity contribution >= 4 is 11.7 Å². The number of aliphatic hydroxyl groups excluding tert-OH is 1. The molecule has 1 atom stereocenters. The van der Waals surface area contributed by atoms with Gasteiger partial charge in [0.05, 0.1) is 11.6 Å². The van der Waals surface area contributed by atoms with Crippen LogP contribution in [0.3, 0.4) is 0 Å². The van der Waals surface area contributed by atoms with Crippen LogP contribution < -0.4 is 5.32 Å². The van der Waals surface area contributed by atoms with E-state index in [9.17, 15) is 20.0 Å². The quantitative estimate of drug-likeness (QED) is 0.576. The van der Waals surface area contributed by atoms with Gasteiger partial charge in [-0.25, -0.2) is 0 Å². The minimum atomic E-state index is -0.710. The van der Waals surface area contributed by atoms with E-state index in [1.807, 2.05) is 0 Å². The van der Waals surface area contributed by atoms with Crippen molar-refractivity contribution in [2.75, 3.05) is 0 Å². The van der Waals surface area contributed by atoms with Crippen LogP contribution in [0.15, 0.2) is 12.5 Å². The lowest BCUT2D eigenvalue weighted by Gasteiger charge is -2.29. The highest BCUT2D eigenvalue weighted by Gasteiger charge is 2.25. The number of hydrogen-bond acceptors (Lipinski definition) is 5. The Morgan fingerprint density at radius 3 is 2.79 bits per heavy atom. The maximum Gasteiger partial charge on any atom is 0.381 e. The highest BCUT2D eigenvalue weighted by molar-refractivity contribution is 5.76. The number of aryl methyl sites for hydroxylation is 1. The number of rotatable bonds is 6. The van der Waals surface area contributed by atoms with Crippen LogP contribution in [-0.4, -0.2) is 37.1 Å². The van der Waals surface area contributed by atoms with Gasteiger partial charge >= 0.3 is 5.82 Å². The van der Waals surface area contributed by atoms with Crippen LogP contribution in [0.1, 0.15) is 27.2 Å². The van der Waals surface area contributed by atoms with E-state index in [0.29, 0.717) is 6.54 Å². The molecule has 0 saturated heterocycles. The molecule has 0 saturated carbocycles. The molecule has 1 rings (SSSR count). The van der Waals surface area contributed by atoms with Crippen molar-refractivity contribution in [3.05, 3.63) is 22.6 Å². The molecule has 2 N–H and O–H groups in total. The first-order valence-corrected chi connectivity index (χ1v) is 5.87. The van der Waals surface area contributed by atoms with E-state index in [2.05, 4.69) is 10.3 Å². The monoisotopic (exact) mass is 270 g/mol. The second kappa shape index (κ2) is 5.79. The summed E-state index contributed by atoms with van der Waals surface area (Å²) in [7, 11) is 0. The molecular weight excluding hydrogens is 252 g/mol. The molecule has 0 aliphatic heterocycles. The Morgan fingerprint density at radius 2 is 2.32 bits per heavy atom. The number of nitrogens with one attached hydrogen (secondary N) is 1. The largest absolute Gasteiger partial charge is 0.391 e. The molecule has 0 radical (unpaired) electrons. The molecule has 1 amide bonds. The van der Waals surface area contributed by atoms with Crippen molar-refractivity contribution in [1.82, 2.24) is 14.9 Å². The molecule has 1 aromatic rings. The summed E-state index contributed by atoms with van der Waals surface area (Å²) in [5.41, 5.74) is -0.710. The third kappa shape index (κ3) is 4.32. The van der Waals surface area contributed by atoms with E-state index in [1.54, 1.807) is 20.8 Å². The smallest absolute Gasteiger partial charge is 0.381 e. The lowest BCUT2D eigenvalue weighted by Crippen LogP contribution is -2.51. The highest BCUT2D eigenvalue weighted by Crippen LogP contribution is 2.09. The maximum atomic E-state index is 11.7. The molecule has 1 heterocycles. The van der Waals surface area contributed by atoms with Crippen LogP contribution in [0, 0.1) is 10.1 Å². The summed E-state index contributed by atoms with van der Waals surface area (Å²) >= 11 is 0. The number of imidazole rings is 1. The van der Waals surface area contributed by atoms with Gasteiger partial charge in [0.15, 0.2) is 0 Å². The molecule has 0 bridgehead atoms. The van der Waals surface area contributed by atoms with Crippen LogP contribution in [0.4, 0.5) is 5.82 Å². The van der Waals surface area contributed by atoms with Gasteiger partial charge in [-0.2, -0.15) is 0 Å². The number of carbonyl (C=O) groups excluding carboxylic acids is 1. The van der Waals surface area contributed by atoms with Gasteiger partial charge in [-0.15, -0.1) is 0 Å². The van der Waals surface area contributed by atoms with Gasteiger partial charge in [0.2, 0.25) is 12.2 Å². The minimum Gasteiger partial charge on any atom is -0.391 e. The van der Waals surface area contributed by atoms with E-state index < -0.39 is 16.6 Å². The second-order valence-corrected chi connectivity index (χ2v) is 4.92. The van der Waals surface area contributed by atoms with Gasteiger partial charge in [0.25, 0.3) is 0 Å². The molecule has 8 nitrogen and oxygen atoms in total. The highest BCUT2D eigenvalue weighted by atomic mass is 16.6. The van der Waals surface area contributed by atoms with Crippen LogP contribution in [0.25, 0.3) is 0 Å². The fourth-order valence-corrected chi connectivity index (χ4v) is 1.32. The topological polar surface area (TPSA) is 110 Å². The zero-order chi connectivity index (χ0) is 14.6. The van der Waals surface area contributed by atoms with Crippen LogP contribution in [-0.2, 0) is 11.3 Å². The second-order valence-electron chi connectivity index (χ2n) is 4.92. The van der Waals surface area contributed by atoms with Crippen LogP contribution in [0.2, 0.25) is 0 Å². The molecule has 106 valence electrons. The van der Waals surface area contributed by atoms with Crippen molar-refractivity contribution in [2.45, 2.75) is 45.4 Å². The fourth-order valence-electron chi connectivity index (χ4n) is 1.32. The number of hydrogen-bond donors (Lipinski definition) is 2. The molecule has 1 unspecified atom stereocenters.